The van der Waals surface area contributed by atoms with E-state index in [0.717, 1.165) is 17.5 Å². The van der Waals surface area contributed by atoms with Crippen molar-refractivity contribution in [1.82, 2.24) is 10.2 Å². The Balaban J connectivity index is 1.80. The summed E-state index contributed by atoms with van der Waals surface area (Å²) in [7, 11) is 0. The van der Waals surface area contributed by atoms with Gasteiger partial charge >= 0.3 is 0 Å². The molecule has 1 saturated heterocycles. The summed E-state index contributed by atoms with van der Waals surface area (Å²) in [5.41, 5.74) is 1.31. The van der Waals surface area contributed by atoms with Crippen LogP contribution in [0.25, 0.3) is 0 Å². The number of benzene rings is 1. The maximum Gasteiger partial charge on any atom is 0.0406 e. The van der Waals surface area contributed by atoms with Crippen molar-refractivity contribution >= 4 is 11.6 Å². The second-order valence-corrected chi connectivity index (χ2v) is 6.03. The van der Waals surface area contributed by atoms with E-state index >= 15 is 0 Å². The highest BCUT2D eigenvalue weighted by atomic mass is 35.5. The van der Waals surface area contributed by atoms with Gasteiger partial charge in [0.1, 0.15) is 0 Å². The molecule has 0 bridgehead atoms. The van der Waals surface area contributed by atoms with Crippen LogP contribution in [0.1, 0.15) is 32.3 Å². The highest BCUT2D eigenvalue weighted by molar-refractivity contribution is 6.30. The van der Waals surface area contributed by atoms with E-state index in [1.165, 1.54) is 38.0 Å². The maximum absolute atomic E-state index is 5.90. The number of nitrogens with zero attached hydrogens (tertiary/aromatic N) is 1. The van der Waals surface area contributed by atoms with Crippen molar-refractivity contribution in [3.63, 3.8) is 0 Å². The zero-order valence-electron chi connectivity index (χ0n) is 12.0. The molecule has 0 radical (unpaired) electrons. The van der Waals surface area contributed by atoms with Gasteiger partial charge in [-0.25, -0.2) is 0 Å². The number of halogens is 1. The van der Waals surface area contributed by atoms with Gasteiger partial charge in [-0.15, -0.1) is 0 Å². The minimum absolute atomic E-state index is 0.574. The smallest absolute Gasteiger partial charge is 0.0406 e. The number of hydrogen-bond donors (Lipinski definition) is 1. The van der Waals surface area contributed by atoms with Gasteiger partial charge in [0.15, 0.2) is 0 Å². The number of likely N-dealkylation sites (tertiary alicyclic amines) is 1. The number of rotatable bonds is 5. The molecule has 1 aromatic carbocycles. The van der Waals surface area contributed by atoms with Crippen molar-refractivity contribution in [2.45, 2.75) is 39.3 Å². The zero-order chi connectivity index (χ0) is 13.7. The van der Waals surface area contributed by atoms with E-state index in [1.54, 1.807) is 0 Å². The summed E-state index contributed by atoms with van der Waals surface area (Å²) in [6, 6.07) is 8.69. The average molecular weight is 281 g/mol. The fourth-order valence-corrected chi connectivity index (χ4v) is 2.96. The molecule has 1 aromatic rings. The third-order valence-corrected chi connectivity index (χ3v) is 4.49. The quantitative estimate of drug-likeness (QED) is 0.887. The van der Waals surface area contributed by atoms with Crippen molar-refractivity contribution in [1.29, 1.82) is 0 Å². The average Bonchev–Trinajstić information content (AvgIpc) is 2.46. The van der Waals surface area contributed by atoms with Gasteiger partial charge in [-0.05, 0) is 56.5 Å². The van der Waals surface area contributed by atoms with E-state index in [4.69, 9.17) is 11.6 Å². The van der Waals surface area contributed by atoms with Crippen molar-refractivity contribution in [2.75, 3.05) is 19.6 Å². The Labute approximate surface area is 122 Å². The van der Waals surface area contributed by atoms with E-state index < -0.39 is 0 Å². The summed E-state index contributed by atoms with van der Waals surface area (Å²) in [6.07, 6.45) is 2.69. The number of piperidine rings is 1. The monoisotopic (exact) mass is 280 g/mol. The van der Waals surface area contributed by atoms with Gasteiger partial charge in [-0.1, -0.05) is 30.7 Å². The first kappa shape index (κ1) is 14.8. The van der Waals surface area contributed by atoms with Crippen molar-refractivity contribution in [2.24, 2.45) is 5.92 Å². The molecule has 0 saturated carbocycles. The van der Waals surface area contributed by atoms with Crippen LogP contribution in [-0.2, 0) is 6.54 Å². The van der Waals surface area contributed by atoms with Crippen LogP contribution >= 0.6 is 11.6 Å². The van der Waals surface area contributed by atoms with Crippen LogP contribution in [0.15, 0.2) is 24.3 Å². The van der Waals surface area contributed by atoms with E-state index in [0.29, 0.717) is 6.04 Å². The second kappa shape index (κ2) is 7.28. The van der Waals surface area contributed by atoms with Crippen molar-refractivity contribution in [3.05, 3.63) is 34.9 Å². The molecule has 0 aliphatic carbocycles. The predicted molar refractivity (Wildman–Crippen MR) is 82.6 cm³/mol. The third-order valence-electron chi connectivity index (χ3n) is 4.24. The van der Waals surface area contributed by atoms with Gasteiger partial charge in [0.05, 0.1) is 0 Å². The largest absolute Gasteiger partial charge is 0.310 e. The number of nitrogens with one attached hydrogen (secondary N) is 1. The fourth-order valence-electron chi connectivity index (χ4n) is 2.83. The van der Waals surface area contributed by atoms with Crippen molar-refractivity contribution in [3.8, 4) is 0 Å². The summed E-state index contributed by atoms with van der Waals surface area (Å²) in [6.45, 7) is 9.21. The van der Waals surface area contributed by atoms with Crippen molar-refractivity contribution < 1.29 is 0 Å². The van der Waals surface area contributed by atoms with Gasteiger partial charge in [-0.2, -0.15) is 0 Å². The standard InChI is InChI=1S/C16H25ClN2/c1-3-19-10-4-5-15(12-19)13(2)18-11-14-6-8-16(17)9-7-14/h6-9,13,15,18H,3-5,10-12H2,1-2H3. The van der Waals surface area contributed by atoms with E-state index in [-0.39, 0.29) is 0 Å². The summed E-state index contributed by atoms with van der Waals surface area (Å²) in [5.74, 6) is 0.779. The molecular weight excluding hydrogens is 256 g/mol. The molecule has 1 aliphatic heterocycles. The first-order valence-electron chi connectivity index (χ1n) is 7.39. The minimum atomic E-state index is 0.574. The normalized spacial score (nSPS) is 22.4. The Morgan fingerprint density at radius 3 is 2.79 bits per heavy atom. The Morgan fingerprint density at radius 2 is 2.11 bits per heavy atom. The van der Waals surface area contributed by atoms with E-state index in [2.05, 4.69) is 36.2 Å². The number of hydrogen-bond acceptors (Lipinski definition) is 2. The highest BCUT2D eigenvalue weighted by Crippen LogP contribution is 2.20. The molecule has 2 unspecified atom stereocenters. The molecule has 2 atom stereocenters. The third kappa shape index (κ3) is 4.48. The van der Waals surface area contributed by atoms with Crippen LogP contribution in [0.5, 0.6) is 0 Å². The molecule has 3 heteroatoms. The van der Waals surface area contributed by atoms with Crippen LogP contribution in [0, 0.1) is 5.92 Å². The molecule has 0 amide bonds. The Bertz CT molecular complexity index is 377. The Kier molecular flexibility index (Phi) is 5.68. The van der Waals surface area contributed by atoms with Gasteiger partial charge < -0.3 is 10.2 Å². The van der Waals surface area contributed by atoms with Gasteiger partial charge in [0.25, 0.3) is 0 Å². The Hall–Kier alpha value is -0.570. The topological polar surface area (TPSA) is 15.3 Å². The molecule has 0 aromatic heterocycles. The molecule has 2 rings (SSSR count). The lowest BCUT2D eigenvalue weighted by molar-refractivity contribution is 0.157. The fraction of sp³-hybridized carbons (Fsp3) is 0.625. The van der Waals surface area contributed by atoms with Crippen LogP contribution in [0.3, 0.4) is 0 Å². The summed E-state index contributed by atoms with van der Waals surface area (Å²) >= 11 is 5.90. The van der Waals surface area contributed by atoms with E-state index in [1.807, 2.05) is 12.1 Å². The van der Waals surface area contributed by atoms with E-state index in [9.17, 15) is 0 Å². The van der Waals surface area contributed by atoms with Crippen LogP contribution in [-0.4, -0.2) is 30.6 Å². The molecule has 1 heterocycles. The minimum Gasteiger partial charge on any atom is -0.310 e. The molecular formula is C16H25ClN2. The second-order valence-electron chi connectivity index (χ2n) is 5.59. The van der Waals surface area contributed by atoms with Gasteiger partial charge in [-0.3, -0.25) is 0 Å². The summed E-state index contributed by atoms with van der Waals surface area (Å²) in [5, 5.41) is 4.47. The van der Waals surface area contributed by atoms with Crippen LogP contribution in [0.4, 0.5) is 0 Å². The molecule has 1 N–H and O–H groups in total. The van der Waals surface area contributed by atoms with Gasteiger partial charge in [0.2, 0.25) is 0 Å². The summed E-state index contributed by atoms with van der Waals surface area (Å²) < 4.78 is 0. The molecule has 1 fully saturated rings. The Morgan fingerprint density at radius 1 is 1.37 bits per heavy atom. The first-order valence-corrected chi connectivity index (χ1v) is 7.77. The SMILES string of the molecule is CCN1CCCC(C(C)NCc2ccc(Cl)cc2)C1. The predicted octanol–water partition coefficient (Wildman–Crippen LogP) is 3.55. The zero-order valence-corrected chi connectivity index (χ0v) is 12.8. The van der Waals surface area contributed by atoms with Crippen LogP contribution < -0.4 is 5.32 Å². The molecule has 0 spiro atoms. The van der Waals surface area contributed by atoms with Crippen LogP contribution in [0.2, 0.25) is 5.02 Å². The molecule has 2 nitrogen and oxygen atoms in total. The molecule has 19 heavy (non-hydrogen) atoms. The highest BCUT2D eigenvalue weighted by Gasteiger charge is 2.23. The summed E-state index contributed by atoms with van der Waals surface area (Å²) in [4.78, 5) is 2.56. The van der Waals surface area contributed by atoms with Gasteiger partial charge in [0, 0.05) is 24.2 Å². The molecule has 1 aliphatic rings. The maximum atomic E-state index is 5.90. The molecule has 106 valence electrons. The lowest BCUT2D eigenvalue weighted by Gasteiger charge is -2.35. The lowest BCUT2D eigenvalue weighted by atomic mass is 9.91. The lowest BCUT2D eigenvalue weighted by Crippen LogP contribution is -2.44. The first-order chi connectivity index (χ1) is 9.19.